The van der Waals surface area contributed by atoms with E-state index in [0.29, 0.717) is 17.2 Å². The van der Waals surface area contributed by atoms with E-state index in [1.165, 1.54) is 6.92 Å². The fraction of sp³-hybridized carbons (Fsp3) is 0.579. The number of Topliss-reactive ketones (excluding diaryl/α,β-unsaturated/α-hetero) is 1. The van der Waals surface area contributed by atoms with Crippen LogP contribution in [0.2, 0.25) is 0 Å². The largest absolute Gasteiger partial charge is 0.481 e. The number of ether oxygens (including phenoxy) is 2. The molecule has 0 N–H and O–H groups in total. The van der Waals surface area contributed by atoms with Crippen molar-refractivity contribution in [3.05, 3.63) is 29.8 Å². The summed E-state index contributed by atoms with van der Waals surface area (Å²) in [7, 11) is 0. The summed E-state index contributed by atoms with van der Waals surface area (Å²) in [5.41, 5.74) is 0.590. The van der Waals surface area contributed by atoms with E-state index in [1.54, 1.807) is 31.2 Å². The molecule has 1 amide bonds. The van der Waals surface area contributed by atoms with Gasteiger partial charge in [-0.2, -0.15) is 0 Å². The molecule has 2 heterocycles. The third-order valence-corrected chi connectivity index (χ3v) is 4.79. The molecule has 25 heavy (non-hydrogen) atoms. The topological polar surface area (TPSA) is 59.1 Å². The quantitative estimate of drug-likeness (QED) is 0.730. The normalized spacial score (nSPS) is 20.0. The minimum Gasteiger partial charge on any atom is -0.481 e. The van der Waals surface area contributed by atoms with Gasteiger partial charge in [0, 0.05) is 44.2 Å². The maximum Gasteiger partial charge on any atom is 0.263 e. The van der Waals surface area contributed by atoms with Crippen molar-refractivity contribution >= 4 is 11.7 Å². The number of morpholine rings is 1. The van der Waals surface area contributed by atoms with Crippen LogP contribution in [0.4, 0.5) is 0 Å². The summed E-state index contributed by atoms with van der Waals surface area (Å²) in [5.74, 6) is 1.08. The van der Waals surface area contributed by atoms with Gasteiger partial charge in [-0.3, -0.25) is 14.5 Å². The van der Waals surface area contributed by atoms with Gasteiger partial charge in [0.2, 0.25) is 0 Å². The van der Waals surface area contributed by atoms with Gasteiger partial charge in [0.15, 0.2) is 11.9 Å². The Morgan fingerprint density at radius 1 is 1.28 bits per heavy atom. The zero-order chi connectivity index (χ0) is 17.8. The summed E-state index contributed by atoms with van der Waals surface area (Å²) < 4.78 is 11.1. The molecule has 0 bridgehead atoms. The number of nitrogens with zero attached hydrogens (tertiary/aromatic N) is 2. The minimum absolute atomic E-state index is 0.00598. The highest BCUT2D eigenvalue weighted by molar-refractivity contribution is 5.94. The Labute approximate surface area is 148 Å². The van der Waals surface area contributed by atoms with Crippen molar-refractivity contribution in [1.82, 2.24) is 9.80 Å². The van der Waals surface area contributed by atoms with Gasteiger partial charge in [0.1, 0.15) is 5.75 Å². The Hall–Kier alpha value is -1.92. The Morgan fingerprint density at radius 2 is 2.00 bits per heavy atom. The number of hydrogen-bond donors (Lipinski definition) is 0. The van der Waals surface area contributed by atoms with Crippen molar-refractivity contribution in [2.24, 2.45) is 5.92 Å². The number of ketones is 1. The number of carbonyl (C=O) groups excluding carboxylic acids is 2. The van der Waals surface area contributed by atoms with Crippen molar-refractivity contribution in [1.29, 1.82) is 0 Å². The smallest absolute Gasteiger partial charge is 0.263 e. The molecule has 2 aliphatic rings. The first-order valence-corrected chi connectivity index (χ1v) is 8.89. The maximum atomic E-state index is 12.5. The highest BCUT2D eigenvalue weighted by Gasteiger charge is 2.34. The molecule has 0 aromatic heterocycles. The molecule has 2 fully saturated rings. The van der Waals surface area contributed by atoms with E-state index < -0.39 is 6.10 Å². The second kappa shape index (κ2) is 7.97. The van der Waals surface area contributed by atoms with E-state index >= 15 is 0 Å². The molecule has 1 atom stereocenters. The molecular weight excluding hydrogens is 320 g/mol. The second-order valence-corrected chi connectivity index (χ2v) is 6.87. The standard InChI is InChI=1S/C19H26N2O4/c1-14(22)17-4-3-5-18(10-17)25-15(2)19(23)21-12-16(13-21)11-20-6-8-24-9-7-20/h3-5,10,15-16H,6-9,11-13H2,1-2H3/t15-/m1/s1. The van der Waals surface area contributed by atoms with Crippen LogP contribution in [-0.4, -0.2) is 73.5 Å². The highest BCUT2D eigenvalue weighted by Crippen LogP contribution is 2.21. The summed E-state index contributed by atoms with van der Waals surface area (Å²) >= 11 is 0. The number of carbonyl (C=O) groups is 2. The van der Waals surface area contributed by atoms with Crippen molar-refractivity contribution in [2.45, 2.75) is 20.0 Å². The summed E-state index contributed by atoms with van der Waals surface area (Å²) in [6.07, 6.45) is -0.549. The first kappa shape index (κ1) is 17.9. The van der Waals surface area contributed by atoms with Crippen molar-refractivity contribution in [2.75, 3.05) is 45.9 Å². The maximum absolute atomic E-state index is 12.5. The van der Waals surface area contributed by atoms with E-state index in [0.717, 1.165) is 45.9 Å². The van der Waals surface area contributed by atoms with Crippen molar-refractivity contribution in [3.8, 4) is 5.75 Å². The van der Waals surface area contributed by atoms with Crippen LogP contribution in [0, 0.1) is 5.92 Å². The average Bonchev–Trinajstić information content (AvgIpc) is 2.58. The predicted octanol–water partition coefficient (Wildman–Crippen LogP) is 1.45. The van der Waals surface area contributed by atoms with Crippen LogP contribution in [0.1, 0.15) is 24.2 Å². The molecule has 6 heteroatoms. The summed E-state index contributed by atoms with van der Waals surface area (Å²) in [6, 6.07) is 6.97. The highest BCUT2D eigenvalue weighted by atomic mass is 16.5. The van der Waals surface area contributed by atoms with Crippen molar-refractivity contribution < 1.29 is 19.1 Å². The molecular formula is C19H26N2O4. The molecule has 0 radical (unpaired) electrons. The third kappa shape index (κ3) is 4.58. The van der Waals surface area contributed by atoms with E-state index in [1.807, 2.05) is 4.90 Å². The van der Waals surface area contributed by atoms with Gasteiger partial charge in [-0.25, -0.2) is 0 Å². The minimum atomic E-state index is -0.549. The molecule has 1 aromatic rings. The zero-order valence-electron chi connectivity index (χ0n) is 14.9. The van der Waals surface area contributed by atoms with Crippen LogP contribution in [0.25, 0.3) is 0 Å². The van der Waals surface area contributed by atoms with Gasteiger partial charge >= 0.3 is 0 Å². The first-order chi connectivity index (χ1) is 12.0. The van der Waals surface area contributed by atoms with Crippen molar-refractivity contribution in [3.63, 3.8) is 0 Å². The summed E-state index contributed by atoms with van der Waals surface area (Å²) in [5, 5.41) is 0. The molecule has 0 saturated carbocycles. The van der Waals surface area contributed by atoms with E-state index in [-0.39, 0.29) is 11.7 Å². The van der Waals surface area contributed by atoms with Crippen LogP contribution in [0.15, 0.2) is 24.3 Å². The third-order valence-electron chi connectivity index (χ3n) is 4.79. The molecule has 3 rings (SSSR count). The Morgan fingerprint density at radius 3 is 2.68 bits per heavy atom. The molecule has 1 aromatic carbocycles. The Balaban J connectivity index is 1.45. The SMILES string of the molecule is CC(=O)c1cccc(O[C@H](C)C(=O)N2CC(CN3CCOCC3)C2)c1. The molecule has 0 unspecified atom stereocenters. The number of likely N-dealkylation sites (tertiary alicyclic amines) is 1. The Bertz CT molecular complexity index is 622. The molecule has 6 nitrogen and oxygen atoms in total. The van der Waals surface area contributed by atoms with E-state index in [4.69, 9.17) is 9.47 Å². The van der Waals surface area contributed by atoms with Crippen LogP contribution in [0.5, 0.6) is 5.75 Å². The van der Waals surface area contributed by atoms with E-state index in [2.05, 4.69) is 4.90 Å². The van der Waals surface area contributed by atoms with Gasteiger partial charge in [0.05, 0.1) is 13.2 Å². The molecule has 2 saturated heterocycles. The molecule has 0 spiro atoms. The van der Waals surface area contributed by atoms with Gasteiger partial charge in [-0.15, -0.1) is 0 Å². The summed E-state index contributed by atoms with van der Waals surface area (Å²) in [4.78, 5) is 28.2. The van der Waals surface area contributed by atoms with Crippen LogP contribution >= 0.6 is 0 Å². The first-order valence-electron chi connectivity index (χ1n) is 8.89. The predicted molar refractivity (Wildman–Crippen MR) is 93.9 cm³/mol. The zero-order valence-corrected chi connectivity index (χ0v) is 14.9. The van der Waals surface area contributed by atoms with Crippen LogP contribution < -0.4 is 4.74 Å². The van der Waals surface area contributed by atoms with Gasteiger partial charge in [-0.05, 0) is 26.0 Å². The number of hydrogen-bond acceptors (Lipinski definition) is 5. The van der Waals surface area contributed by atoms with Gasteiger partial charge < -0.3 is 14.4 Å². The Kier molecular flexibility index (Phi) is 5.71. The average molecular weight is 346 g/mol. The van der Waals surface area contributed by atoms with Crippen LogP contribution in [-0.2, 0) is 9.53 Å². The van der Waals surface area contributed by atoms with Crippen LogP contribution in [0.3, 0.4) is 0 Å². The fourth-order valence-corrected chi connectivity index (χ4v) is 3.31. The number of amides is 1. The second-order valence-electron chi connectivity index (χ2n) is 6.87. The monoisotopic (exact) mass is 346 g/mol. The molecule has 136 valence electrons. The number of rotatable bonds is 6. The lowest BCUT2D eigenvalue weighted by atomic mass is 9.98. The number of benzene rings is 1. The lowest BCUT2D eigenvalue weighted by Crippen LogP contribution is -2.57. The van der Waals surface area contributed by atoms with E-state index in [9.17, 15) is 9.59 Å². The fourth-order valence-electron chi connectivity index (χ4n) is 3.31. The lowest BCUT2D eigenvalue weighted by Gasteiger charge is -2.43. The van der Waals surface area contributed by atoms with Gasteiger partial charge in [-0.1, -0.05) is 12.1 Å². The lowest BCUT2D eigenvalue weighted by molar-refractivity contribution is -0.145. The molecule has 2 aliphatic heterocycles. The van der Waals surface area contributed by atoms with Gasteiger partial charge in [0.25, 0.3) is 5.91 Å². The summed E-state index contributed by atoms with van der Waals surface area (Å²) in [6.45, 7) is 9.46. The molecule has 0 aliphatic carbocycles.